The second kappa shape index (κ2) is 5.40. The summed E-state index contributed by atoms with van der Waals surface area (Å²) in [5, 5.41) is 0.518. The average molecular weight is 266 g/mol. The van der Waals surface area contributed by atoms with Gasteiger partial charge in [0.15, 0.2) is 0 Å². The summed E-state index contributed by atoms with van der Waals surface area (Å²) in [6.45, 7) is 4.63. The normalized spacial score (nSPS) is 10.7. The molecule has 2 heterocycles. The fourth-order valence-corrected chi connectivity index (χ4v) is 2.16. The van der Waals surface area contributed by atoms with Gasteiger partial charge in [-0.3, -0.25) is 0 Å². The molecule has 0 unspecified atom stereocenters. The van der Waals surface area contributed by atoms with Gasteiger partial charge in [-0.15, -0.1) is 0 Å². The molecule has 0 aliphatic heterocycles. The molecule has 0 aliphatic carbocycles. The van der Waals surface area contributed by atoms with Crippen molar-refractivity contribution in [1.29, 1.82) is 0 Å². The highest BCUT2D eigenvalue weighted by molar-refractivity contribution is 6.30. The minimum atomic E-state index is 0.518. The molecule has 2 rings (SSSR count). The van der Waals surface area contributed by atoms with Crippen molar-refractivity contribution in [3.8, 4) is 0 Å². The SMILES string of the molecule is CCc1c(Cl)ncnc1N(C)Cc1ccc(C)o1. The van der Waals surface area contributed by atoms with E-state index in [1.165, 1.54) is 6.33 Å². The van der Waals surface area contributed by atoms with Gasteiger partial charge >= 0.3 is 0 Å². The molecule has 0 fully saturated rings. The lowest BCUT2D eigenvalue weighted by Crippen LogP contribution is -2.19. The van der Waals surface area contributed by atoms with Crippen LogP contribution >= 0.6 is 11.6 Å². The Balaban J connectivity index is 2.23. The van der Waals surface area contributed by atoms with Crippen molar-refractivity contribution in [2.24, 2.45) is 0 Å². The van der Waals surface area contributed by atoms with Gasteiger partial charge in [0.05, 0.1) is 6.54 Å². The molecular weight excluding hydrogens is 250 g/mol. The molecule has 0 amide bonds. The van der Waals surface area contributed by atoms with Gasteiger partial charge in [-0.25, -0.2) is 9.97 Å². The van der Waals surface area contributed by atoms with Crippen LogP contribution in [0.5, 0.6) is 0 Å². The second-order valence-electron chi connectivity index (χ2n) is 4.19. The van der Waals surface area contributed by atoms with E-state index in [1.54, 1.807) is 0 Å². The van der Waals surface area contributed by atoms with Crippen LogP contribution < -0.4 is 4.90 Å². The van der Waals surface area contributed by atoms with E-state index in [2.05, 4.69) is 9.97 Å². The van der Waals surface area contributed by atoms with E-state index in [1.807, 2.05) is 37.9 Å². The number of aromatic nitrogens is 2. The second-order valence-corrected chi connectivity index (χ2v) is 4.55. The van der Waals surface area contributed by atoms with Gasteiger partial charge < -0.3 is 9.32 Å². The van der Waals surface area contributed by atoms with E-state index >= 15 is 0 Å². The van der Waals surface area contributed by atoms with Gasteiger partial charge in [0.1, 0.15) is 28.8 Å². The van der Waals surface area contributed by atoms with Gasteiger partial charge in [-0.1, -0.05) is 18.5 Å². The number of anilines is 1. The molecule has 2 aromatic rings. The van der Waals surface area contributed by atoms with Crippen molar-refractivity contribution < 1.29 is 4.42 Å². The zero-order valence-electron chi connectivity index (χ0n) is 10.8. The molecule has 0 aliphatic rings. The minimum absolute atomic E-state index is 0.518. The molecule has 5 heteroatoms. The van der Waals surface area contributed by atoms with E-state index in [4.69, 9.17) is 16.0 Å². The lowest BCUT2D eigenvalue weighted by Gasteiger charge is -2.19. The van der Waals surface area contributed by atoms with E-state index in [0.717, 1.165) is 29.3 Å². The third-order valence-electron chi connectivity index (χ3n) is 2.77. The van der Waals surface area contributed by atoms with Crippen molar-refractivity contribution in [3.05, 3.63) is 40.7 Å². The molecule has 96 valence electrons. The van der Waals surface area contributed by atoms with Crippen LogP contribution in [0.15, 0.2) is 22.9 Å². The maximum Gasteiger partial charge on any atom is 0.137 e. The standard InChI is InChI=1S/C13H16ClN3O/c1-4-11-12(14)15-8-16-13(11)17(3)7-10-6-5-9(2)18-10/h5-6,8H,4,7H2,1-3H3. The van der Waals surface area contributed by atoms with Crippen LogP contribution in [0.3, 0.4) is 0 Å². The van der Waals surface area contributed by atoms with Crippen molar-refractivity contribution >= 4 is 17.4 Å². The molecule has 0 saturated carbocycles. The summed E-state index contributed by atoms with van der Waals surface area (Å²) in [5.41, 5.74) is 0.963. The molecule has 18 heavy (non-hydrogen) atoms. The predicted molar refractivity (Wildman–Crippen MR) is 72.0 cm³/mol. The van der Waals surface area contributed by atoms with Crippen LogP contribution in [0.2, 0.25) is 5.15 Å². The lowest BCUT2D eigenvalue weighted by molar-refractivity contribution is 0.481. The fraction of sp³-hybridized carbons (Fsp3) is 0.385. The average Bonchev–Trinajstić information content (AvgIpc) is 2.74. The number of rotatable bonds is 4. The lowest BCUT2D eigenvalue weighted by atomic mass is 10.2. The zero-order valence-corrected chi connectivity index (χ0v) is 11.5. The molecule has 0 aromatic carbocycles. The summed E-state index contributed by atoms with van der Waals surface area (Å²) in [6.07, 6.45) is 2.29. The molecule has 0 spiro atoms. The van der Waals surface area contributed by atoms with Gasteiger partial charge in [0.25, 0.3) is 0 Å². The summed E-state index contributed by atoms with van der Waals surface area (Å²) >= 11 is 6.08. The Kier molecular flexibility index (Phi) is 3.87. The summed E-state index contributed by atoms with van der Waals surface area (Å²) in [6, 6.07) is 3.93. The van der Waals surface area contributed by atoms with Gasteiger partial charge in [-0.05, 0) is 25.5 Å². The van der Waals surface area contributed by atoms with Crippen LogP contribution in [-0.2, 0) is 13.0 Å². The molecule has 0 bridgehead atoms. The summed E-state index contributed by atoms with van der Waals surface area (Å²) in [5.74, 6) is 2.67. The van der Waals surface area contributed by atoms with Crippen molar-refractivity contribution in [3.63, 3.8) is 0 Å². The first-order chi connectivity index (χ1) is 8.61. The topological polar surface area (TPSA) is 42.2 Å². The number of nitrogens with zero attached hydrogens (tertiary/aromatic N) is 3. The quantitative estimate of drug-likeness (QED) is 0.796. The third kappa shape index (κ3) is 2.64. The zero-order chi connectivity index (χ0) is 13.1. The Morgan fingerprint density at radius 2 is 2.11 bits per heavy atom. The molecule has 0 radical (unpaired) electrons. The van der Waals surface area contributed by atoms with E-state index in [-0.39, 0.29) is 0 Å². The van der Waals surface area contributed by atoms with Crippen LogP contribution in [-0.4, -0.2) is 17.0 Å². The van der Waals surface area contributed by atoms with Crippen LogP contribution in [0.1, 0.15) is 24.0 Å². The van der Waals surface area contributed by atoms with Gasteiger partial charge in [0.2, 0.25) is 0 Å². The van der Waals surface area contributed by atoms with E-state index < -0.39 is 0 Å². The largest absolute Gasteiger partial charge is 0.464 e. The summed E-state index contributed by atoms with van der Waals surface area (Å²) in [7, 11) is 1.97. The molecule has 0 saturated heterocycles. The van der Waals surface area contributed by atoms with Crippen LogP contribution in [0.4, 0.5) is 5.82 Å². The van der Waals surface area contributed by atoms with Crippen LogP contribution in [0, 0.1) is 6.92 Å². The highest BCUT2D eigenvalue weighted by Gasteiger charge is 2.13. The number of aryl methyl sites for hydroxylation is 1. The molecule has 4 nitrogen and oxygen atoms in total. The van der Waals surface area contributed by atoms with Crippen LogP contribution in [0.25, 0.3) is 0 Å². The monoisotopic (exact) mass is 265 g/mol. The fourth-order valence-electron chi connectivity index (χ4n) is 1.89. The third-order valence-corrected chi connectivity index (χ3v) is 3.10. The van der Waals surface area contributed by atoms with Gasteiger partial charge in [0, 0.05) is 12.6 Å². The summed E-state index contributed by atoms with van der Waals surface area (Å²) < 4.78 is 5.56. The maximum absolute atomic E-state index is 6.08. The highest BCUT2D eigenvalue weighted by atomic mass is 35.5. The first-order valence-electron chi connectivity index (χ1n) is 5.87. The van der Waals surface area contributed by atoms with E-state index in [9.17, 15) is 0 Å². The Morgan fingerprint density at radius 1 is 1.33 bits per heavy atom. The number of halogens is 1. The molecular formula is C13H16ClN3O. The maximum atomic E-state index is 6.08. The Labute approximate surface area is 112 Å². The molecule has 2 aromatic heterocycles. The first-order valence-corrected chi connectivity index (χ1v) is 6.25. The Bertz CT molecular complexity index is 539. The Morgan fingerprint density at radius 3 is 2.72 bits per heavy atom. The smallest absolute Gasteiger partial charge is 0.137 e. The number of hydrogen-bond acceptors (Lipinski definition) is 4. The first kappa shape index (κ1) is 12.9. The predicted octanol–water partition coefficient (Wildman–Crippen LogP) is 3.23. The van der Waals surface area contributed by atoms with Crippen molar-refractivity contribution in [1.82, 2.24) is 9.97 Å². The van der Waals surface area contributed by atoms with Crippen molar-refractivity contribution in [2.75, 3.05) is 11.9 Å². The van der Waals surface area contributed by atoms with Crippen molar-refractivity contribution in [2.45, 2.75) is 26.8 Å². The number of hydrogen-bond donors (Lipinski definition) is 0. The minimum Gasteiger partial charge on any atom is -0.464 e. The Hall–Kier alpha value is -1.55. The number of furan rings is 1. The molecule has 0 atom stereocenters. The van der Waals surface area contributed by atoms with E-state index in [0.29, 0.717) is 11.7 Å². The molecule has 0 N–H and O–H groups in total. The highest BCUT2D eigenvalue weighted by Crippen LogP contribution is 2.24. The van der Waals surface area contributed by atoms with Gasteiger partial charge in [-0.2, -0.15) is 0 Å². The summed E-state index contributed by atoms with van der Waals surface area (Å²) in [4.78, 5) is 10.3.